The van der Waals surface area contributed by atoms with E-state index in [-0.39, 0.29) is 103 Å². The number of nitrogens with two attached hydrogens (primary N) is 4. The molecule has 0 bridgehead atoms. The number of hydrogen-bond acceptors (Lipinski definition) is 25. The number of nitrogens with zero attached hydrogens (tertiary/aromatic N) is 5. The van der Waals surface area contributed by atoms with Crippen LogP contribution in [0, 0.1) is 0 Å². The van der Waals surface area contributed by atoms with Crippen LogP contribution in [0.15, 0.2) is 4.99 Å². The average molecular weight is 1500 g/mol. The number of carboxylic acid groups (broad SMARTS) is 1. The van der Waals surface area contributed by atoms with Crippen molar-refractivity contribution < 1.29 is 112 Å². The first-order chi connectivity index (χ1) is 49.7. The Labute approximate surface area is 603 Å². The van der Waals surface area contributed by atoms with Crippen LogP contribution in [0.5, 0.6) is 0 Å². The number of carboxylic acids is 1. The number of carbonyl (C=O) groups excluding carboxylic acids is 15. The third kappa shape index (κ3) is 25.6. The number of likely N-dealkylation sites (tertiary alicyclic amines) is 4. The molecule has 4 rings (SSSR count). The van der Waals surface area contributed by atoms with Crippen LogP contribution in [0.4, 0.5) is 0 Å². The highest BCUT2D eigenvalue weighted by Gasteiger charge is 2.45. The lowest BCUT2D eigenvalue weighted by molar-refractivity contribution is -0.145. The second-order valence-electron chi connectivity index (χ2n) is 25.9. The molecule has 0 saturated carbocycles. The summed E-state index contributed by atoms with van der Waals surface area (Å²) in [6.45, 7) is -0.523. The van der Waals surface area contributed by atoms with E-state index in [4.69, 9.17) is 28.0 Å². The lowest BCUT2D eigenvalue weighted by atomic mass is 10.1. The van der Waals surface area contributed by atoms with Crippen molar-refractivity contribution in [2.75, 3.05) is 78.8 Å². The second kappa shape index (κ2) is 43.0. The predicted molar refractivity (Wildman–Crippen MR) is 364 cm³/mol. The second-order valence-corrected chi connectivity index (χ2v) is 25.9. The van der Waals surface area contributed by atoms with E-state index >= 15 is 0 Å². The zero-order valence-electron chi connectivity index (χ0n) is 59.1. The standard InChI is InChI=1S/C62H104N20O23/c1-30(70-54(97)42-15-9-20-79(42)57(100)34(64)25-83)47(90)69-31(2)48(91)73-35(12-5-6-18-63)58(101)80-21-8-14-41(80)53(96)68-24-45(89)72-37(26-84)52(95)78-46(33(4)88)60(103)82-23-11-17-44(82)56(99)76-39(28-86)50(93)74-36(13-7-19-67-62(65)66)59(102)81-22-10-16-43(81)55(98)77-40(29-87)51(94)75-38(27-85)49(92)71-32(3)61(104)105/h30-44,46,83-88H,5-29,63-64H2,1-4H3,(H,68,96)(H,69,90)(H,70,97)(H,71,92)(H,72,89)(H,73,91)(H,74,93)(H,75,94)(H,76,99)(H,77,98)(H,78,95)(H,104,105)(H4,65,66,67)/t30-,31-,32-,33+,34-,35-,36-,37-,38-,39-,40-,41-,42-,43-,44-,46-/m0/s1. The summed E-state index contributed by atoms with van der Waals surface area (Å²) >= 11 is 0. The van der Waals surface area contributed by atoms with E-state index in [1.807, 2.05) is 0 Å². The molecule has 0 spiro atoms. The van der Waals surface area contributed by atoms with Gasteiger partial charge in [-0.25, -0.2) is 0 Å². The van der Waals surface area contributed by atoms with E-state index in [2.05, 4.69) is 63.5 Å². The molecule has 0 aromatic carbocycles. The molecule has 0 unspecified atom stereocenters. The van der Waals surface area contributed by atoms with Crippen molar-refractivity contribution in [3.63, 3.8) is 0 Å². The van der Waals surface area contributed by atoms with E-state index in [0.29, 0.717) is 25.7 Å². The molecule has 4 heterocycles. The SMILES string of the molecule is C[C@H](NC(=O)[C@H](CO)NC(=O)[C@H](CO)NC(=O)[C@@H]1CCCN1C(=O)[C@H](CCCN=C(N)N)NC(=O)[C@H](CO)NC(=O)[C@@H]1CCCN1C(=O)[C@@H](NC(=O)[C@H](CO)NC(=O)CNC(=O)[C@@H]1CCCN1C(=O)[C@H](CCCCN)NC(=O)[C@H](C)NC(=O)[C@H](C)NC(=O)[C@@H]1CCCN1C(=O)[C@@H](N)CO)[C@@H](C)O)C(=O)O. The lowest BCUT2D eigenvalue weighted by Crippen LogP contribution is -2.62. The van der Waals surface area contributed by atoms with Gasteiger partial charge in [0.15, 0.2) is 5.96 Å². The number of hydrogen-bond donors (Lipinski definition) is 22. The molecule has 16 atom stereocenters. The highest BCUT2D eigenvalue weighted by molar-refractivity contribution is 6.01. The Morgan fingerprint density at radius 3 is 1.25 bits per heavy atom. The monoisotopic (exact) mass is 1500 g/mol. The van der Waals surface area contributed by atoms with Crippen molar-refractivity contribution in [2.24, 2.45) is 27.9 Å². The predicted octanol–water partition coefficient (Wildman–Crippen LogP) is -13.1. The van der Waals surface area contributed by atoms with Gasteiger partial charge in [0.05, 0.1) is 45.7 Å². The van der Waals surface area contributed by atoms with E-state index in [9.17, 15) is 107 Å². The van der Waals surface area contributed by atoms with Gasteiger partial charge in [0.1, 0.15) is 90.6 Å². The summed E-state index contributed by atoms with van der Waals surface area (Å²) in [6.07, 6.45) is 0.525. The summed E-state index contributed by atoms with van der Waals surface area (Å²) in [5, 5.41) is 95.6. The summed E-state index contributed by atoms with van der Waals surface area (Å²) in [5.74, 6) is -15.6. The molecule has 0 aromatic heterocycles. The first kappa shape index (κ1) is 87.9. The number of aliphatic hydroxyl groups is 6. The Balaban J connectivity index is 1.36. The molecule has 0 radical (unpaired) electrons. The molecule has 26 N–H and O–H groups in total. The van der Waals surface area contributed by atoms with Crippen LogP contribution in [-0.4, -0.2) is 331 Å². The van der Waals surface area contributed by atoms with Crippen LogP contribution in [0.2, 0.25) is 0 Å². The molecule has 15 amide bonds. The maximum absolute atomic E-state index is 14.3. The molecular weight excluding hydrogens is 1390 g/mol. The van der Waals surface area contributed by atoms with Crippen LogP contribution in [0.3, 0.4) is 0 Å². The molecule has 4 saturated heterocycles. The van der Waals surface area contributed by atoms with Gasteiger partial charge in [-0.3, -0.25) is 81.7 Å². The Hall–Kier alpha value is -9.53. The van der Waals surface area contributed by atoms with Gasteiger partial charge in [-0.1, -0.05) is 0 Å². The summed E-state index contributed by atoms with van der Waals surface area (Å²) in [4.78, 5) is 223. The van der Waals surface area contributed by atoms with Crippen LogP contribution >= 0.6 is 0 Å². The third-order valence-corrected chi connectivity index (χ3v) is 18.0. The van der Waals surface area contributed by atoms with Crippen molar-refractivity contribution in [1.29, 1.82) is 0 Å². The maximum atomic E-state index is 14.3. The fourth-order valence-corrected chi connectivity index (χ4v) is 12.1. The molecule has 105 heavy (non-hydrogen) atoms. The van der Waals surface area contributed by atoms with Gasteiger partial charge in [-0.05, 0) is 118 Å². The molecule has 0 aromatic rings. The number of rotatable bonds is 41. The number of amides is 15. The quantitative estimate of drug-likeness (QED) is 0.0154. The third-order valence-electron chi connectivity index (χ3n) is 18.0. The smallest absolute Gasteiger partial charge is 0.325 e. The zero-order valence-corrected chi connectivity index (χ0v) is 59.1. The normalized spacial score (nSPS) is 20.4. The Kier molecular flexibility index (Phi) is 36.0. The van der Waals surface area contributed by atoms with Crippen molar-refractivity contribution in [3.8, 4) is 0 Å². The fourth-order valence-electron chi connectivity index (χ4n) is 12.1. The first-order valence-electron chi connectivity index (χ1n) is 34.7. The minimum atomic E-state index is -1.84. The van der Waals surface area contributed by atoms with Crippen LogP contribution < -0.4 is 81.4 Å². The number of aliphatic hydroxyl groups excluding tert-OH is 6. The van der Waals surface area contributed by atoms with Gasteiger partial charge in [-0.2, -0.15) is 0 Å². The lowest BCUT2D eigenvalue weighted by Gasteiger charge is -2.32. The Morgan fingerprint density at radius 1 is 0.429 bits per heavy atom. The number of nitrogens with one attached hydrogen (secondary N) is 11. The van der Waals surface area contributed by atoms with Gasteiger partial charge in [-0.15, -0.1) is 0 Å². The minimum Gasteiger partial charge on any atom is -0.480 e. The highest BCUT2D eigenvalue weighted by atomic mass is 16.4. The molecular formula is C62H104N20O23. The zero-order chi connectivity index (χ0) is 78.5. The molecule has 590 valence electrons. The minimum absolute atomic E-state index is 0.00655. The number of unbranched alkanes of at least 4 members (excludes halogenated alkanes) is 1. The van der Waals surface area contributed by atoms with E-state index in [0.717, 1.165) is 23.6 Å². The van der Waals surface area contributed by atoms with Crippen molar-refractivity contribution in [3.05, 3.63) is 0 Å². The molecule has 4 fully saturated rings. The van der Waals surface area contributed by atoms with E-state index < -0.39 is 231 Å². The van der Waals surface area contributed by atoms with Crippen LogP contribution in [0.1, 0.15) is 111 Å². The first-order valence-corrected chi connectivity index (χ1v) is 34.7. The van der Waals surface area contributed by atoms with Gasteiger partial charge in [0.25, 0.3) is 0 Å². The summed E-state index contributed by atoms with van der Waals surface area (Å²) in [6, 6.07) is -21.6. The van der Waals surface area contributed by atoms with Crippen LogP contribution in [0.25, 0.3) is 0 Å². The van der Waals surface area contributed by atoms with Gasteiger partial charge in [0.2, 0.25) is 88.6 Å². The Bertz CT molecular complexity index is 3130. The maximum Gasteiger partial charge on any atom is 0.325 e. The molecule has 43 nitrogen and oxygen atoms in total. The topological polar surface area (TPSA) is 676 Å². The largest absolute Gasteiger partial charge is 0.480 e. The Morgan fingerprint density at radius 2 is 0.800 bits per heavy atom. The van der Waals surface area contributed by atoms with Gasteiger partial charge >= 0.3 is 5.97 Å². The molecule has 43 heteroatoms. The molecule has 4 aliphatic heterocycles. The van der Waals surface area contributed by atoms with Crippen molar-refractivity contribution in [2.45, 2.75) is 208 Å². The average Bonchev–Trinajstić information content (AvgIpc) is 1.77. The summed E-state index contributed by atoms with van der Waals surface area (Å²) < 4.78 is 0. The highest BCUT2D eigenvalue weighted by Crippen LogP contribution is 2.24. The van der Waals surface area contributed by atoms with E-state index in [1.54, 1.807) is 0 Å². The van der Waals surface area contributed by atoms with Crippen LogP contribution in [-0.2, 0) is 76.7 Å². The summed E-state index contributed by atoms with van der Waals surface area (Å²) in [7, 11) is 0. The number of aliphatic carboxylic acids is 1. The summed E-state index contributed by atoms with van der Waals surface area (Å²) in [5.41, 5.74) is 22.3. The van der Waals surface area contributed by atoms with Gasteiger partial charge in [0, 0.05) is 32.7 Å². The van der Waals surface area contributed by atoms with Crippen molar-refractivity contribution in [1.82, 2.24) is 78.1 Å². The molecule has 4 aliphatic rings. The number of carbonyl (C=O) groups is 16. The van der Waals surface area contributed by atoms with E-state index in [1.165, 1.54) is 23.6 Å². The van der Waals surface area contributed by atoms with Gasteiger partial charge < -0.3 is 137 Å². The molecule has 0 aliphatic carbocycles. The fraction of sp³-hybridized carbons (Fsp3) is 0.726. The number of aliphatic imine (C=N–C) groups is 1. The number of guanidine groups is 1. The van der Waals surface area contributed by atoms with Crippen molar-refractivity contribution >= 4 is 101 Å².